The van der Waals surface area contributed by atoms with Gasteiger partial charge in [-0.1, -0.05) is 0 Å². The minimum atomic E-state index is -0.218. The number of benzene rings is 1. The molecular formula is C12H14O4. The Morgan fingerprint density at radius 2 is 2.31 bits per heavy atom. The fourth-order valence-corrected chi connectivity index (χ4v) is 1.84. The summed E-state index contributed by atoms with van der Waals surface area (Å²) in [5, 5.41) is 0. The van der Waals surface area contributed by atoms with Crippen molar-refractivity contribution in [2.24, 2.45) is 0 Å². The molecule has 1 aromatic carbocycles. The number of hydrogen-bond donors (Lipinski definition) is 0. The van der Waals surface area contributed by atoms with E-state index in [2.05, 4.69) is 4.74 Å². The Hall–Kier alpha value is -1.71. The summed E-state index contributed by atoms with van der Waals surface area (Å²) >= 11 is 0. The predicted octanol–water partition coefficient (Wildman–Crippen LogP) is 1.73. The van der Waals surface area contributed by atoms with E-state index in [0.29, 0.717) is 13.0 Å². The zero-order chi connectivity index (χ0) is 11.5. The average Bonchev–Trinajstić information content (AvgIpc) is 2.71. The summed E-state index contributed by atoms with van der Waals surface area (Å²) in [6.45, 7) is 0.525. The Balaban J connectivity index is 2.20. The number of carbonyl (C=O) groups excluding carboxylic acids is 1. The van der Waals surface area contributed by atoms with Gasteiger partial charge in [0.25, 0.3) is 0 Å². The first-order valence-electron chi connectivity index (χ1n) is 5.12. The SMILES string of the molecule is COC(=O)C[C@H]1COc2ccc(OC)cc21. The molecule has 1 atom stereocenters. The van der Waals surface area contributed by atoms with Gasteiger partial charge < -0.3 is 14.2 Å². The molecule has 4 heteroatoms. The molecule has 0 bridgehead atoms. The molecule has 0 spiro atoms. The van der Waals surface area contributed by atoms with Gasteiger partial charge in [0.2, 0.25) is 0 Å². The number of methoxy groups -OCH3 is 2. The van der Waals surface area contributed by atoms with Crippen LogP contribution in [0.1, 0.15) is 17.9 Å². The molecule has 0 saturated heterocycles. The molecule has 0 aromatic heterocycles. The van der Waals surface area contributed by atoms with Crippen molar-refractivity contribution in [2.45, 2.75) is 12.3 Å². The molecule has 4 nitrogen and oxygen atoms in total. The van der Waals surface area contributed by atoms with Crippen molar-refractivity contribution in [1.82, 2.24) is 0 Å². The standard InChI is InChI=1S/C12H14O4/c1-14-9-3-4-11-10(6-9)8(7-16-11)5-12(13)15-2/h3-4,6,8H,5,7H2,1-2H3/t8-/m0/s1. The summed E-state index contributed by atoms with van der Waals surface area (Å²) in [5.74, 6) is 1.45. The van der Waals surface area contributed by atoms with Crippen LogP contribution >= 0.6 is 0 Å². The second-order valence-electron chi connectivity index (χ2n) is 3.69. The molecule has 0 unspecified atom stereocenters. The maximum Gasteiger partial charge on any atom is 0.306 e. The summed E-state index contributed by atoms with van der Waals surface area (Å²) in [6, 6.07) is 5.63. The van der Waals surface area contributed by atoms with Crippen molar-refractivity contribution < 1.29 is 19.0 Å². The van der Waals surface area contributed by atoms with Gasteiger partial charge in [0, 0.05) is 11.5 Å². The minimum absolute atomic E-state index is 0.0672. The summed E-state index contributed by atoms with van der Waals surface area (Å²) in [4.78, 5) is 11.2. The zero-order valence-electron chi connectivity index (χ0n) is 9.36. The Bertz CT molecular complexity index is 400. The molecule has 2 rings (SSSR count). The summed E-state index contributed by atoms with van der Waals surface area (Å²) in [6.07, 6.45) is 0.344. The van der Waals surface area contributed by atoms with Gasteiger partial charge in [-0.3, -0.25) is 4.79 Å². The van der Waals surface area contributed by atoms with Gasteiger partial charge in [-0.2, -0.15) is 0 Å². The predicted molar refractivity (Wildman–Crippen MR) is 57.9 cm³/mol. The molecule has 1 aromatic rings. The van der Waals surface area contributed by atoms with Crippen LogP contribution in [0.2, 0.25) is 0 Å². The van der Waals surface area contributed by atoms with Crippen molar-refractivity contribution in [1.29, 1.82) is 0 Å². The number of esters is 1. The second-order valence-corrected chi connectivity index (χ2v) is 3.69. The third-order valence-corrected chi connectivity index (χ3v) is 2.74. The van der Waals surface area contributed by atoms with Crippen LogP contribution in [-0.2, 0) is 9.53 Å². The van der Waals surface area contributed by atoms with Gasteiger partial charge in [0.05, 0.1) is 27.2 Å². The maximum absolute atomic E-state index is 11.2. The zero-order valence-corrected chi connectivity index (χ0v) is 9.36. The molecule has 16 heavy (non-hydrogen) atoms. The molecule has 0 N–H and O–H groups in total. The van der Waals surface area contributed by atoms with Gasteiger partial charge in [-0.15, -0.1) is 0 Å². The van der Waals surface area contributed by atoms with Gasteiger partial charge >= 0.3 is 5.97 Å². The quantitative estimate of drug-likeness (QED) is 0.731. The van der Waals surface area contributed by atoms with Crippen molar-refractivity contribution in [3.63, 3.8) is 0 Å². The monoisotopic (exact) mass is 222 g/mol. The number of fused-ring (bicyclic) bond motifs is 1. The Labute approximate surface area is 94.1 Å². The molecule has 0 fully saturated rings. The van der Waals surface area contributed by atoms with E-state index in [1.54, 1.807) is 7.11 Å². The van der Waals surface area contributed by atoms with Crippen LogP contribution in [-0.4, -0.2) is 26.8 Å². The molecule has 1 aliphatic rings. The third-order valence-electron chi connectivity index (χ3n) is 2.74. The van der Waals surface area contributed by atoms with Gasteiger partial charge in [-0.25, -0.2) is 0 Å². The molecule has 0 radical (unpaired) electrons. The first-order chi connectivity index (χ1) is 7.74. The number of rotatable bonds is 3. The smallest absolute Gasteiger partial charge is 0.306 e. The lowest BCUT2D eigenvalue weighted by Crippen LogP contribution is -2.09. The van der Waals surface area contributed by atoms with Crippen molar-refractivity contribution in [3.8, 4) is 11.5 Å². The topological polar surface area (TPSA) is 44.8 Å². The lowest BCUT2D eigenvalue weighted by Gasteiger charge is -2.07. The molecule has 0 saturated carbocycles. The highest BCUT2D eigenvalue weighted by Crippen LogP contribution is 2.38. The van der Waals surface area contributed by atoms with Crippen molar-refractivity contribution in [2.75, 3.05) is 20.8 Å². The fourth-order valence-electron chi connectivity index (χ4n) is 1.84. The molecule has 86 valence electrons. The van der Waals surface area contributed by atoms with Gasteiger partial charge in [0.15, 0.2) is 0 Å². The van der Waals surface area contributed by atoms with Crippen LogP contribution in [0.4, 0.5) is 0 Å². The summed E-state index contributed by atoms with van der Waals surface area (Å²) in [7, 11) is 3.01. The van der Waals surface area contributed by atoms with Crippen LogP contribution in [0.3, 0.4) is 0 Å². The molecule has 1 heterocycles. The minimum Gasteiger partial charge on any atom is -0.497 e. The maximum atomic E-state index is 11.2. The summed E-state index contributed by atoms with van der Waals surface area (Å²) < 4.78 is 15.3. The van der Waals surface area contributed by atoms with Crippen LogP contribution in [0.5, 0.6) is 11.5 Å². The van der Waals surface area contributed by atoms with E-state index >= 15 is 0 Å². The highest BCUT2D eigenvalue weighted by Gasteiger charge is 2.27. The van der Waals surface area contributed by atoms with E-state index in [1.807, 2.05) is 18.2 Å². The van der Waals surface area contributed by atoms with E-state index in [9.17, 15) is 4.79 Å². The molecular weight excluding hydrogens is 208 g/mol. The van der Waals surface area contributed by atoms with Crippen LogP contribution in [0.15, 0.2) is 18.2 Å². The number of hydrogen-bond acceptors (Lipinski definition) is 4. The van der Waals surface area contributed by atoms with E-state index < -0.39 is 0 Å². The van der Waals surface area contributed by atoms with Crippen molar-refractivity contribution in [3.05, 3.63) is 23.8 Å². The third kappa shape index (κ3) is 1.96. The first-order valence-corrected chi connectivity index (χ1v) is 5.12. The van der Waals surface area contributed by atoms with Gasteiger partial charge in [0.1, 0.15) is 11.5 Å². The normalized spacial score (nSPS) is 17.5. The fraction of sp³-hybridized carbons (Fsp3) is 0.417. The highest BCUT2D eigenvalue weighted by molar-refractivity contribution is 5.71. The van der Waals surface area contributed by atoms with Crippen LogP contribution < -0.4 is 9.47 Å². The average molecular weight is 222 g/mol. The summed E-state index contributed by atoms with van der Waals surface area (Å²) in [5.41, 5.74) is 1.02. The highest BCUT2D eigenvalue weighted by atomic mass is 16.5. The lowest BCUT2D eigenvalue weighted by molar-refractivity contribution is -0.141. The van der Waals surface area contributed by atoms with E-state index in [1.165, 1.54) is 7.11 Å². The number of ether oxygens (including phenoxy) is 3. The Morgan fingerprint density at radius 3 is 3.00 bits per heavy atom. The Kier molecular flexibility index (Phi) is 2.99. The largest absolute Gasteiger partial charge is 0.497 e. The number of carbonyl (C=O) groups is 1. The van der Waals surface area contributed by atoms with E-state index in [4.69, 9.17) is 9.47 Å². The van der Waals surface area contributed by atoms with E-state index in [-0.39, 0.29) is 11.9 Å². The van der Waals surface area contributed by atoms with Crippen molar-refractivity contribution >= 4 is 5.97 Å². The molecule has 1 aliphatic heterocycles. The molecule has 0 amide bonds. The lowest BCUT2D eigenvalue weighted by atomic mass is 9.98. The second kappa shape index (κ2) is 4.43. The van der Waals surface area contributed by atoms with Crippen LogP contribution in [0.25, 0.3) is 0 Å². The molecule has 0 aliphatic carbocycles. The first kappa shape index (κ1) is 10.8. The van der Waals surface area contributed by atoms with Gasteiger partial charge in [-0.05, 0) is 18.2 Å². The van der Waals surface area contributed by atoms with Crippen LogP contribution in [0, 0.1) is 0 Å². The van der Waals surface area contributed by atoms with E-state index in [0.717, 1.165) is 17.1 Å². The Morgan fingerprint density at radius 1 is 1.50 bits per heavy atom.